The van der Waals surface area contributed by atoms with E-state index in [0.717, 1.165) is 34.5 Å². The molecule has 0 radical (unpaired) electrons. The van der Waals surface area contributed by atoms with Gasteiger partial charge in [0.25, 0.3) is 0 Å². The van der Waals surface area contributed by atoms with E-state index in [1.165, 1.54) is 0 Å². The summed E-state index contributed by atoms with van der Waals surface area (Å²) in [6.45, 7) is 6.78. The second-order valence-electron chi connectivity index (χ2n) is 3.84. The largest absolute Gasteiger partial charge is 0.495 e. The third-order valence-corrected chi connectivity index (χ3v) is 3.50. The highest BCUT2D eigenvalue weighted by Crippen LogP contribution is 2.40. The molecule has 0 aliphatic carbocycles. The molecule has 1 rings (SSSR count). The highest BCUT2D eigenvalue weighted by Gasteiger charge is 2.18. The predicted molar refractivity (Wildman–Crippen MR) is 78.5 cm³/mol. The number of halogens is 1. The fraction of sp³-hybridized carbons (Fsp3) is 0.429. The van der Waals surface area contributed by atoms with Crippen molar-refractivity contribution in [2.45, 2.75) is 19.4 Å². The first kappa shape index (κ1) is 15.1. The van der Waals surface area contributed by atoms with Gasteiger partial charge in [0.05, 0.1) is 14.2 Å². The first-order valence-electron chi connectivity index (χ1n) is 5.94. The van der Waals surface area contributed by atoms with Gasteiger partial charge in [-0.05, 0) is 41.0 Å². The van der Waals surface area contributed by atoms with Gasteiger partial charge < -0.3 is 14.8 Å². The van der Waals surface area contributed by atoms with E-state index in [0.29, 0.717) is 0 Å². The third-order valence-electron chi connectivity index (χ3n) is 2.74. The average Bonchev–Trinajstić information content (AvgIpc) is 2.38. The van der Waals surface area contributed by atoms with Crippen LogP contribution >= 0.6 is 15.9 Å². The number of methoxy groups -OCH3 is 2. The van der Waals surface area contributed by atoms with Crippen molar-refractivity contribution in [2.75, 3.05) is 20.8 Å². The summed E-state index contributed by atoms with van der Waals surface area (Å²) < 4.78 is 11.6. The number of hydrogen-bond donors (Lipinski definition) is 1. The lowest BCUT2D eigenvalue weighted by Crippen LogP contribution is -2.21. The number of nitrogens with one attached hydrogen (secondary N) is 1. The minimum Gasteiger partial charge on any atom is -0.495 e. The van der Waals surface area contributed by atoms with E-state index in [2.05, 4.69) is 34.7 Å². The van der Waals surface area contributed by atoms with Crippen LogP contribution in [0.4, 0.5) is 0 Å². The summed E-state index contributed by atoms with van der Waals surface area (Å²) >= 11 is 3.52. The van der Waals surface area contributed by atoms with Crippen molar-refractivity contribution < 1.29 is 9.47 Å². The van der Waals surface area contributed by atoms with Gasteiger partial charge in [0, 0.05) is 11.6 Å². The first-order valence-corrected chi connectivity index (χ1v) is 6.73. The molecule has 3 nitrogen and oxygen atoms in total. The Labute approximate surface area is 117 Å². The van der Waals surface area contributed by atoms with E-state index >= 15 is 0 Å². The molecule has 0 saturated heterocycles. The topological polar surface area (TPSA) is 30.5 Å². The third kappa shape index (κ3) is 3.27. The zero-order chi connectivity index (χ0) is 13.5. The van der Waals surface area contributed by atoms with Gasteiger partial charge in [-0.25, -0.2) is 0 Å². The van der Waals surface area contributed by atoms with Crippen LogP contribution in [0.3, 0.4) is 0 Å². The normalized spacial score (nSPS) is 12.0. The van der Waals surface area contributed by atoms with Crippen LogP contribution < -0.4 is 14.8 Å². The Morgan fingerprint density at radius 1 is 1.39 bits per heavy atom. The van der Waals surface area contributed by atoms with E-state index in [9.17, 15) is 0 Å². The summed E-state index contributed by atoms with van der Waals surface area (Å²) in [5, 5.41) is 3.43. The van der Waals surface area contributed by atoms with E-state index in [1.54, 1.807) is 14.2 Å². The molecule has 0 bridgehead atoms. The van der Waals surface area contributed by atoms with Crippen molar-refractivity contribution in [2.24, 2.45) is 0 Å². The van der Waals surface area contributed by atoms with Crippen LogP contribution in [0.25, 0.3) is 0 Å². The van der Waals surface area contributed by atoms with Crippen molar-refractivity contribution >= 4 is 15.9 Å². The Bertz CT molecular complexity index is 407. The molecular weight excluding hydrogens is 294 g/mol. The van der Waals surface area contributed by atoms with Crippen molar-refractivity contribution in [3.05, 3.63) is 34.8 Å². The molecule has 1 N–H and O–H groups in total. The summed E-state index contributed by atoms with van der Waals surface area (Å²) in [5.41, 5.74) is 1.10. The molecule has 0 aliphatic rings. The Morgan fingerprint density at radius 2 is 2.11 bits per heavy atom. The van der Waals surface area contributed by atoms with Crippen LogP contribution in [-0.2, 0) is 0 Å². The van der Waals surface area contributed by atoms with E-state index in [4.69, 9.17) is 9.47 Å². The second kappa shape index (κ2) is 7.44. The van der Waals surface area contributed by atoms with Crippen molar-refractivity contribution in [1.29, 1.82) is 0 Å². The average molecular weight is 314 g/mol. The molecule has 1 unspecified atom stereocenters. The molecule has 0 fully saturated rings. The molecule has 4 heteroatoms. The molecule has 1 atom stereocenters. The van der Waals surface area contributed by atoms with Crippen LogP contribution in [-0.4, -0.2) is 20.8 Å². The minimum atomic E-state index is 0.199. The maximum Gasteiger partial charge on any atom is 0.141 e. The molecule has 18 heavy (non-hydrogen) atoms. The van der Waals surface area contributed by atoms with Gasteiger partial charge in [-0.15, -0.1) is 6.58 Å². The molecule has 0 saturated carbocycles. The SMILES string of the molecule is C=CCC(NCC)c1ccc(OC)c(Br)c1OC. The standard InChI is InChI=1S/C14H20BrNO2/c1-5-7-11(16-6-2)10-8-9-12(17-3)13(15)14(10)18-4/h5,8-9,11,16H,1,6-7H2,2-4H3. The summed E-state index contributed by atoms with van der Waals surface area (Å²) in [6, 6.07) is 4.17. The molecule has 1 aromatic rings. The lowest BCUT2D eigenvalue weighted by Gasteiger charge is -2.21. The fourth-order valence-electron chi connectivity index (χ4n) is 1.93. The summed E-state index contributed by atoms with van der Waals surface area (Å²) in [6.07, 6.45) is 2.76. The van der Waals surface area contributed by atoms with E-state index in [-0.39, 0.29) is 6.04 Å². The fourth-order valence-corrected chi connectivity index (χ4v) is 2.61. The number of ether oxygens (including phenoxy) is 2. The molecule has 0 heterocycles. The van der Waals surface area contributed by atoms with Crippen molar-refractivity contribution in [1.82, 2.24) is 5.32 Å². The Kier molecular flexibility index (Phi) is 6.22. The molecule has 0 aromatic heterocycles. The smallest absolute Gasteiger partial charge is 0.141 e. The molecule has 100 valence electrons. The number of rotatable bonds is 7. The van der Waals surface area contributed by atoms with Gasteiger partial charge in [0.1, 0.15) is 16.0 Å². The predicted octanol–water partition coefficient (Wildman–Crippen LogP) is 3.69. The summed E-state index contributed by atoms with van der Waals surface area (Å²) in [7, 11) is 3.31. The maximum absolute atomic E-state index is 5.49. The van der Waals surface area contributed by atoms with Crippen LogP contribution in [0.5, 0.6) is 11.5 Å². The van der Waals surface area contributed by atoms with Gasteiger partial charge in [-0.2, -0.15) is 0 Å². The van der Waals surface area contributed by atoms with Gasteiger partial charge in [0.2, 0.25) is 0 Å². The monoisotopic (exact) mass is 313 g/mol. The zero-order valence-electron chi connectivity index (χ0n) is 11.1. The molecule has 0 spiro atoms. The highest BCUT2D eigenvalue weighted by atomic mass is 79.9. The summed E-state index contributed by atoms with van der Waals surface area (Å²) in [5.74, 6) is 1.58. The second-order valence-corrected chi connectivity index (χ2v) is 4.63. The van der Waals surface area contributed by atoms with Gasteiger partial charge in [0.15, 0.2) is 0 Å². The lowest BCUT2D eigenvalue weighted by molar-refractivity contribution is 0.380. The van der Waals surface area contributed by atoms with Crippen molar-refractivity contribution in [3.8, 4) is 11.5 Å². The maximum atomic E-state index is 5.49. The molecule has 0 amide bonds. The van der Waals surface area contributed by atoms with E-state index in [1.807, 2.05) is 18.2 Å². The lowest BCUT2D eigenvalue weighted by atomic mass is 10.0. The van der Waals surface area contributed by atoms with E-state index < -0.39 is 0 Å². The quantitative estimate of drug-likeness (QED) is 0.779. The number of benzene rings is 1. The molecule has 0 aliphatic heterocycles. The minimum absolute atomic E-state index is 0.199. The van der Waals surface area contributed by atoms with Crippen LogP contribution in [0.2, 0.25) is 0 Å². The Hall–Kier alpha value is -1.00. The highest BCUT2D eigenvalue weighted by molar-refractivity contribution is 9.10. The Morgan fingerprint density at radius 3 is 2.61 bits per heavy atom. The molecule has 1 aromatic carbocycles. The zero-order valence-corrected chi connectivity index (χ0v) is 12.7. The number of hydrogen-bond acceptors (Lipinski definition) is 3. The first-order chi connectivity index (χ1) is 8.69. The molecular formula is C14H20BrNO2. The van der Waals surface area contributed by atoms with Gasteiger partial charge >= 0.3 is 0 Å². The van der Waals surface area contributed by atoms with Crippen LogP contribution in [0, 0.1) is 0 Å². The Balaban J connectivity index is 3.20. The van der Waals surface area contributed by atoms with Crippen LogP contribution in [0.1, 0.15) is 24.9 Å². The van der Waals surface area contributed by atoms with Crippen LogP contribution in [0.15, 0.2) is 29.3 Å². The van der Waals surface area contributed by atoms with Gasteiger partial charge in [-0.1, -0.05) is 13.0 Å². The summed E-state index contributed by atoms with van der Waals surface area (Å²) in [4.78, 5) is 0. The van der Waals surface area contributed by atoms with Crippen molar-refractivity contribution in [3.63, 3.8) is 0 Å². The van der Waals surface area contributed by atoms with Gasteiger partial charge in [-0.3, -0.25) is 0 Å².